The molecule has 31 heavy (non-hydrogen) atoms. The van der Waals surface area contributed by atoms with Crippen LogP contribution in [-0.4, -0.2) is 37.6 Å². The van der Waals surface area contributed by atoms with Crippen LogP contribution in [0.3, 0.4) is 0 Å². The predicted octanol–water partition coefficient (Wildman–Crippen LogP) is 3.90. The second-order valence-corrected chi connectivity index (χ2v) is 8.32. The van der Waals surface area contributed by atoms with Gasteiger partial charge in [0.05, 0.1) is 11.7 Å². The summed E-state index contributed by atoms with van der Waals surface area (Å²) >= 11 is 0. The van der Waals surface area contributed by atoms with E-state index >= 15 is 0 Å². The summed E-state index contributed by atoms with van der Waals surface area (Å²) in [5.74, 6) is -0.163. The third-order valence-corrected chi connectivity index (χ3v) is 5.99. The Labute approximate surface area is 184 Å². The number of anilines is 2. The molecule has 164 valence electrons. The van der Waals surface area contributed by atoms with Gasteiger partial charge >= 0.3 is 0 Å². The van der Waals surface area contributed by atoms with Gasteiger partial charge in [-0.15, -0.1) is 0 Å². The topological polar surface area (TPSA) is 70.7 Å². The van der Waals surface area contributed by atoms with Crippen molar-refractivity contribution < 1.29 is 14.3 Å². The van der Waals surface area contributed by atoms with Gasteiger partial charge < -0.3 is 20.3 Å². The molecule has 6 heteroatoms. The standard InChI is InChI=1S/C25H31N3O3/c1-2-6-24(29)27-20-10-11-23(28-13-12-18-7-3-4-8-19(18)17-28)22(15-20)25(30)26-16-21-9-5-14-31-21/h3-4,7-8,10-11,15,21H,2,5-6,9,12-14,16-17H2,1H3,(H,26,30)(H,27,29)/t21-/m0/s1. The van der Waals surface area contributed by atoms with Crippen LogP contribution < -0.4 is 15.5 Å². The lowest BCUT2D eigenvalue weighted by Gasteiger charge is -2.32. The monoisotopic (exact) mass is 421 g/mol. The minimum atomic E-state index is -0.129. The van der Waals surface area contributed by atoms with Crippen LogP contribution >= 0.6 is 0 Å². The first-order valence-electron chi connectivity index (χ1n) is 11.3. The molecule has 0 radical (unpaired) electrons. The number of rotatable bonds is 7. The third kappa shape index (κ3) is 5.25. The number of carbonyl (C=O) groups is 2. The van der Waals surface area contributed by atoms with Crippen molar-refractivity contribution in [2.24, 2.45) is 0 Å². The van der Waals surface area contributed by atoms with Crippen molar-refractivity contribution >= 4 is 23.2 Å². The zero-order chi connectivity index (χ0) is 21.6. The highest BCUT2D eigenvalue weighted by atomic mass is 16.5. The van der Waals surface area contributed by atoms with Crippen LogP contribution in [0.4, 0.5) is 11.4 Å². The Morgan fingerprint density at radius 1 is 1.16 bits per heavy atom. The smallest absolute Gasteiger partial charge is 0.253 e. The van der Waals surface area contributed by atoms with Gasteiger partial charge in [-0.25, -0.2) is 0 Å². The fourth-order valence-electron chi connectivity index (χ4n) is 4.33. The highest BCUT2D eigenvalue weighted by Gasteiger charge is 2.23. The summed E-state index contributed by atoms with van der Waals surface area (Å²) in [5, 5.41) is 5.96. The Bertz CT molecular complexity index is 937. The number of nitrogens with one attached hydrogen (secondary N) is 2. The second kappa shape index (κ2) is 9.96. The van der Waals surface area contributed by atoms with Gasteiger partial charge in [0, 0.05) is 44.0 Å². The minimum absolute atomic E-state index is 0.0344. The molecule has 2 aromatic rings. The van der Waals surface area contributed by atoms with E-state index in [1.54, 1.807) is 6.07 Å². The van der Waals surface area contributed by atoms with Crippen molar-refractivity contribution in [3.05, 3.63) is 59.2 Å². The number of amides is 2. The predicted molar refractivity (Wildman–Crippen MR) is 122 cm³/mol. The Morgan fingerprint density at radius 3 is 2.77 bits per heavy atom. The molecule has 2 amide bonds. The van der Waals surface area contributed by atoms with Crippen LogP contribution in [0.1, 0.15) is 54.1 Å². The van der Waals surface area contributed by atoms with Gasteiger partial charge in [0.2, 0.25) is 5.91 Å². The first-order chi connectivity index (χ1) is 15.1. The summed E-state index contributed by atoms with van der Waals surface area (Å²) in [6.07, 6.45) is 4.29. The normalized spacial score (nSPS) is 17.8. The van der Waals surface area contributed by atoms with Crippen LogP contribution in [0, 0.1) is 0 Å². The van der Waals surface area contributed by atoms with Gasteiger partial charge in [-0.2, -0.15) is 0 Å². The molecule has 0 spiro atoms. The van der Waals surface area contributed by atoms with E-state index in [4.69, 9.17) is 4.74 Å². The largest absolute Gasteiger partial charge is 0.376 e. The van der Waals surface area contributed by atoms with Gasteiger partial charge in [-0.3, -0.25) is 9.59 Å². The fourth-order valence-corrected chi connectivity index (χ4v) is 4.33. The van der Waals surface area contributed by atoms with E-state index in [1.807, 2.05) is 19.1 Å². The van der Waals surface area contributed by atoms with Gasteiger partial charge in [0.25, 0.3) is 5.91 Å². The summed E-state index contributed by atoms with van der Waals surface area (Å²) in [7, 11) is 0. The van der Waals surface area contributed by atoms with Crippen LogP contribution in [0.5, 0.6) is 0 Å². The Morgan fingerprint density at radius 2 is 2.00 bits per heavy atom. The van der Waals surface area contributed by atoms with Crippen molar-refractivity contribution in [3.63, 3.8) is 0 Å². The van der Waals surface area contributed by atoms with Crippen molar-refractivity contribution in [3.8, 4) is 0 Å². The van der Waals surface area contributed by atoms with Crippen LogP contribution in [0.2, 0.25) is 0 Å². The molecular formula is C25H31N3O3. The zero-order valence-corrected chi connectivity index (χ0v) is 18.2. The average molecular weight is 422 g/mol. The number of hydrogen-bond donors (Lipinski definition) is 2. The molecule has 0 aromatic heterocycles. The Balaban J connectivity index is 1.57. The lowest BCUT2D eigenvalue weighted by atomic mass is 9.98. The van der Waals surface area contributed by atoms with E-state index in [2.05, 4.69) is 39.8 Å². The number of benzene rings is 2. The number of fused-ring (bicyclic) bond motifs is 1. The van der Waals surface area contributed by atoms with E-state index in [0.29, 0.717) is 24.2 Å². The quantitative estimate of drug-likeness (QED) is 0.711. The maximum Gasteiger partial charge on any atom is 0.253 e. The van der Waals surface area contributed by atoms with Crippen molar-refractivity contribution in [1.29, 1.82) is 0 Å². The summed E-state index contributed by atoms with van der Waals surface area (Å²) in [4.78, 5) is 27.5. The van der Waals surface area contributed by atoms with E-state index in [-0.39, 0.29) is 17.9 Å². The van der Waals surface area contributed by atoms with Crippen LogP contribution in [-0.2, 0) is 22.5 Å². The highest BCUT2D eigenvalue weighted by Crippen LogP contribution is 2.30. The molecule has 1 fully saturated rings. The van der Waals surface area contributed by atoms with Gasteiger partial charge in [-0.05, 0) is 55.0 Å². The van der Waals surface area contributed by atoms with E-state index < -0.39 is 0 Å². The van der Waals surface area contributed by atoms with Crippen molar-refractivity contribution in [1.82, 2.24) is 5.32 Å². The molecule has 0 unspecified atom stereocenters. The number of nitrogens with zero attached hydrogens (tertiary/aromatic N) is 1. The van der Waals surface area contributed by atoms with Gasteiger partial charge in [0.1, 0.15) is 0 Å². The fraction of sp³-hybridized carbons (Fsp3) is 0.440. The molecular weight excluding hydrogens is 390 g/mol. The first-order valence-corrected chi connectivity index (χ1v) is 11.3. The van der Waals surface area contributed by atoms with E-state index in [1.165, 1.54) is 11.1 Å². The average Bonchev–Trinajstić information content (AvgIpc) is 3.31. The minimum Gasteiger partial charge on any atom is -0.376 e. The number of carbonyl (C=O) groups excluding carboxylic acids is 2. The summed E-state index contributed by atoms with van der Waals surface area (Å²) in [6, 6.07) is 14.1. The third-order valence-electron chi connectivity index (χ3n) is 5.99. The highest BCUT2D eigenvalue weighted by molar-refractivity contribution is 6.02. The van der Waals surface area contributed by atoms with Gasteiger partial charge in [-0.1, -0.05) is 31.2 Å². The molecule has 2 N–H and O–H groups in total. The van der Waals surface area contributed by atoms with Gasteiger partial charge in [0.15, 0.2) is 0 Å². The molecule has 2 aliphatic heterocycles. The lowest BCUT2D eigenvalue weighted by Crippen LogP contribution is -2.35. The molecule has 1 saturated heterocycles. The SMILES string of the molecule is CCCC(=O)Nc1ccc(N2CCc3ccccc3C2)c(C(=O)NC[C@@H]2CCCO2)c1. The molecule has 4 rings (SSSR count). The van der Waals surface area contributed by atoms with E-state index in [0.717, 1.165) is 51.1 Å². The first kappa shape index (κ1) is 21.4. The van der Waals surface area contributed by atoms with Crippen LogP contribution in [0.15, 0.2) is 42.5 Å². The maximum atomic E-state index is 13.2. The summed E-state index contributed by atoms with van der Waals surface area (Å²) in [6.45, 7) is 4.86. The molecule has 0 saturated carbocycles. The Hall–Kier alpha value is -2.86. The molecule has 6 nitrogen and oxygen atoms in total. The van der Waals surface area contributed by atoms with E-state index in [9.17, 15) is 9.59 Å². The maximum absolute atomic E-state index is 13.2. The number of hydrogen-bond acceptors (Lipinski definition) is 4. The molecule has 2 aliphatic rings. The Kier molecular flexibility index (Phi) is 6.87. The second-order valence-electron chi connectivity index (χ2n) is 8.32. The van der Waals surface area contributed by atoms with Crippen molar-refractivity contribution in [2.45, 2.75) is 51.7 Å². The molecule has 2 aromatic carbocycles. The molecule has 2 heterocycles. The lowest BCUT2D eigenvalue weighted by molar-refractivity contribution is -0.116. The molecule has 0 bridgehead atoms. The zero-order valence-electron chi connectivity index (χ0n) is 18.2. The van der Waals surface area contributed by atoms with Crippen LogP contribution in [0.25, 0.3) is 0 Å². The summed E-state index contributed by atoms with van der Waals surface area (Å²) < 4.78 is 5.65. The van der Waals surface area contributed by atoms with Crippen molar-refractivity contribution in [2.75, 3.05) is 29.9 Å². The molecule has 0 aliphatic carbocycles. The summed E-state index contributed by atoms with van der Waals surface area (Å²) in [5.41, 5.74) is 4.80. The number of ether oxygens (including phenoxy) is 1. The molecule has 1 atom stereocenters.